The zero-order valence-electron chi connectivity index (χ0n) is 11.1. The number of nitrogens with one attached hydrogen (secondary N) is 1. The second-order valence-electron chi connectivity index (χ2n) is 4.91. The van der Waals surface area contributed by atoms with Crippen LogP contribution >= 0.6 is 0 Å². The molecule has 3 nitrogen and oxygen atoms in total. The van der Waals surface area contributed by atoms with Crippen molar-refractivity contribution in [1.82, 2.24) is 10.2 Å². The van der Waals surface area contributed by atoms with E-state index in [1.165, 1.54) is 0 Å². The van der Waals surface area contributed by atoms with Crippen molar-refractivity contribution < 1.29 is 4.79 Å². The molecule has 2 atom stereocenters. The number of amides is 1. The van der Waals surface area contributed by atoms with Crippen LogP contribution < -0.4 is 5.32 Å². The standard InChI is InChI=1S/C13H26N2O/c1-5-11(6-2)15(4)13(16)12-8-7-9-14-10(12)3/h10-12,14H,5-9H2,1-4H3. The molecule has 1 heterocycles. The second-order valence-corrected chi connectivity index (χ2v) is 4.91. The Morgan fingerprint density at radius 3 is 2.56 bits per heavy atom. The zero-order chi connectivity index (χ0) is 12.1. The van der Waals surface area contributed by atoms with Crippen LogP contribution in [0.4, 0.5) is 0 Å². The van der Waals surface area contributed by atoms with E-state index in [0.29, 0.717) is 18.0 Å². The number of rotatable bonds is 4. The van der Waals surface area contributed by atoms with E-state index in [9.17, 15) is 4.79 Å². The van der Waals surface area contributed by atoms with Gasteiger partial charge in [-0.25, -0.2) is 0 Å². The van der Waals surface area contributed by atoms with E-state index in [1.54, 1.807) is 0 Å². The maximum absolute atomic E-state index is 12.4. The van der Waals surface area contributed by atoms with Gasteiger partial charge in [-0.2, -0.15) is 0 Å². The summed E-state index contributed by atoms with van der Waals surface area (Å²) >= 11 is 0. The molecule has 0 radical (unpaired) electrons. The lowest BCUT2D eigenvalue weighted by atomic mass is 9.90. The van der Waals surface area contributed by atoms with Crippen LogP contribution in [0.2, 0.25) is 0 Å². The normalized spacial score (nSPS) is 25.8. The molecule has 1 N–H and O–H groups in total. The van der Waals surface area contributed by atoms with Crippen LogP contribution in [0.1, 0.15) is 46.5 Å². The first-order valence-corrected chi connectivity index (χ1v) is 6.61. The first-order chi connectivity index (χ1) is 7.61. The minimum absolute atomic E-state index is 0.180. The molecule has 0 spiro atoms. The zero-order valence-corrected chi connectivity index (χ0v) is 11.1. The van der Waals surface area contributed by atoms with Gasteiger partial charge in [0, 0.05) is 19.1 Å². The summed E-state index contributed by atoms with van der Waals surface area (Å²) in [5.74, 6) is 0.507. The maximum Gasteiger partial charge on any atom is 0.227 e. The lowest BCUT2D eigenvalue weighted by Crippen LogP contribution is -2.49. The van der Waals surface area contributed by atoms with Gasteiger partial charge in [-0.15, -0.1) is 0 Å². The molecule has 1 saturated heterocycles. The Labute approximate surface area is 99.6 Å². The summed E-state index contributed by atoms with van der Waals surface area (Å²) in [6.07, 6.45) is 4.26. The van der Waals surface area contributed by atoms with Gasteiger partial charge in [0.1, 0.15) is 0 Å². The monoisotopic (exact) mass is 226 g/mol. The van der Waals surface area contributed by atoms with Crippen molar-refractivity contribution in [3.05, 3.63) is 0 Å². The van der Waals surface area contributed by atoms with Crippen LogP contribution in [0.15, 0.2) is 0 Å². The van der Waals surface area contributed by atoms with Gasteiger partial charge in [0.15, 0.2) is 0 Å². The molecule has 1 rings (SSSR count). The molecular weight excluding hydrogens is 200 g/mol. The first-order valence-electron chi connectivity index (χ1n) is 6.61. The SMILES string of the molecule is CCC(CC)N(C)C(=O)C1CCCNC1C. The number of hydrogen-bond acceptors (Lipinski definition) is 2. The number of nitrogens with zero attached hydrogens (tertiary/aromatic N) is 1. The van der Waals surface area contributed by atoms with Crippen molar-refractivity contribution in [1.29, 1.82) is 0 Å². The van der Waals surface area contributed by atoms with Crippen LogP contribution in [0, 0.1) is 5.92 Å². The molecule has 0 aliphatic carbocycles. The molecule has 1 aliphatic heterocycles. The first kappa shape index (κ1) is 13.5. The fourth-order valence-electron chi connectivity index (χ4n) is 2.66. The van der Waals surface area contributed by atoms with E-state index < -0.39 is 0 Å². The van der Waals surface area contributed by atoms with Gasteiger partial charge in [-0.3, -0.25) is 4.79 Å². The Balaban J connectivity index is 2.61. The molecule has 0 aromatic rings. The molecule has 0 saturated carbocycles. The molecule has 2 unspecified atom stereocenters. The Morgan fingerprint density at radius 2 is 2.06 bits per heavy atom. The largest absolute Gasteiger partial charge is 0.343 e. The van der Waals surface area contributed by atoms with Gasteiger partial charge in [0.2, 0.25) is 5.91 Å². The van der Waals surface area contributed by atoms with Crippen molar-refractivity contribution in [3.63, 3.8) is 0 Å². The summed E-state index contributed by atoms with van der Waals surface area (Å²) in [5, 5.41) is 3.40. The number of carbonyl (C=O) groups excluding carboxylic acids is 1. The van der Waals surface area contributed by atoms with Gasteiger partial charge in [-0.05, 0) is 39.2 Å². The molecule has 94 valence electrons. The minimum Gasteiger partial charge on any atom is -0.343 e. The number of piperidine rings is 1. The smallest absolute Gasteiger partial charge is 0.227 e. The molecule has 0 bridgehead atoms. The Morgan fingerprint density at radius 1 is 1.44 bits per heavy atom. The molecule has 1 fully saturated rings. The minimum atomic E-state index is 0.180. The van der Waals surface area contributed by atoms with Gasteiger partial charge in [-0.1, -0.05) is 13.8 Å². The second kappa shape index (κ2) is 6.24. The van der Waals surface area contributed by atoms with Gasteiger partial charge < -0.3 is 10.2 Å². The van der Waals surface area contributed by atoms with Gasteiger partial charge in [0.05, 0.1) is 5.92 Å². The Hall–Kier alpha value is -0.570. The van der Waals surface area contributed by atoms with Gasteiger partial charge >= 0.3 is 0 Å². The summed E-state index contributed by atoms with van der Waals surface area (Å²) in [4.78, 5) is 14.3. The maximum atomic E-state index is 12.4. The predicted octanol–water partition coefficient (Wildman–Crippen LogP) is 2.02. The van der Waals surface area contributed by atoms with Gasteiger partial charge in [0.25, 0.3) is 0 Å². The molecule has 16 heavy (non-hydrogen) atoms. The highest BCUT2D eigenvalue weighted by atomic mass is 16.2. The van der Waals surface area contributed by atoms with E-state index >= 15 is 0 Å². The topological polar surface area (TPSA) is 32.3 Å². The van der Waals surface area contributed by atoms with E-state index in [1.807, 2.05) is 11.9 Å². The molecule has 1 aliphatic rings. The van der Waals surface area contributed by atoms with Crippen LogP contribution in [0.5, 0.6) is 0 Å². The fraction of sp³-hybridized carbons (Fsp3) is 0.923. The summed E-state index contributed by atoms with van der Waals surface area (Å²) < 4.78 is 0. The Bertz CT molecular complexity index is 226. The highest BCUT2D eigenvalue weighted by Crippen LogP contribution is 2.20. The Kier molecular flexibility index (Phi) is 5.26. The summed E-state index contributed by atoms with van der Waals surface area (Å²) in [5.41, 5.74) is 0. The van der Waals surface area contributed by atoms with Crippen LogP contribution in [-0.4, -0.2) is 36.5 Å². The summed E-state index contributed by atoms with van der Waals surface area (Å²) in [6.45, 7) is 7.49. The molecule has 1 amide bonds. The van der Waals surface area contributed by atoms with Crippen LogP contribution in [0.3, 0.4) is 0 Å². The number of carbonyl (C=O) groups is 1. The van der Waals surface area contributed by atoms with E-state index in [-0.39, 0.29) is 5.92 Å². The van der Waals surface area contributed by atoms with Crippen LogP contribution in [0.25, 0.3) is 0 Å². The average Bonchev–Trinajstić information content (AvgIpc) is 2.30. The highest BCUT2D eigenvalue weighted by molar-refractivity contribution is 5.79. The molecule has 0 aromatic heterocycles. The number of hydrogen-bond donors (Lipinski definition) is 1. The molecule has 0 aromatic carbocycles. The third-order valence-corrected chi connectivity index (χ3v) is 3.92. The lowest BCUT2D eigenvalue weighted by molar-refractivity contribution is -0.138. The van der Waals surface area contributed by atoms with Crippen molar-refractivity contribution in [3.8, 4) is 0 Å². The van der Waals surface area contributed by atoms with E-state index in [4.69, 9.17) is 0 Å². The highest BCUT2D eigenvalue weighted by Gasteiger charge is 2.31. The van der Waals surface area contributed by atoms with E-state index in [0.717, 1.165) is 32.2 Å². The molecular formula is C13H26N2O. The third-order valence-electron chi connectivity index (χ3n) is 3.92. The summed E-state index contributed by atoms with van der Waals surface area (Å²) in [6, 6.07) is 0.736. The third kappa shape index (κ3) is 2.97. The van der Waals surface area contributed by atoms with Crippen molar-refractivity contribution in [2.75, 3.05) is 13.6 Å². The van der Waals surface area contributed by atoms with Crippen molar-refractivity contribution in [2.45, 2.75) is 58.5 Å². The average molecular weight is 226 g/mol. The molecule has 3 heteroatoms. The predicted molar refractivity (Wildman–Crippen MR) is 67.3 cm³/mol. The van der Waals surface area contributed by atoms with Crippen LogP contribution in [-0.2, 0) is 4.79 Å². The van der Waals surface area contributed by atoms with Crippen molar-refractivity contribution in [2.24, 2.45) is 5.92 Å². The van der Waals surface area contributed by atoms with E-state index in [2.05, 4.69) is 26.1 Å². The quantitative estimate of drug-likeness (QED) is 0.795. The summed E-state index contributed by atoms with van der Waals surface area (Å²) in [7, 11) is 1.96. The van der Waals surface area contributed by atoms with Crippen molar-refractivity contribution >= 4 is 5.91 Å². The lowest BCUT2D eigenvalue weighted by Gasteiger charge is -2.35. The fourth-order valence-corrected chi connectivity index (χ4v) is 2.66.